The average molecular weight is 450 g/mol. The van der Waals surface area contributed by atoms with Crippen LogP contribution in [0.1, 0.15) is 53.6 Å². The number of anilines is 1. The van der Waals surface area contributed by atoms with E-state index >= 15 is 0 Å². The highest BCUT2D eigenvalue weighted by atomic mass is 19.4. The Kier molecular flexibility index (Phi) is 5.04. The molecular weight excluding hydrogens is 427 g/mol. The molecule has 1 amide bonds. The molecule has 1 saturated heterocycles. The molecule has 2 aliphatic heterocycles. The number of halogens is 5. The largest absolute Gasteiger partial charge is 0.419 e. The highest BCUT2D eigenvalue weighted by Crippen LogP contribution is 2.54. The van der Waals surface area contributed by atoms with Crippen molar-refractivity contribution in [2.45, 2.75) is 49.7 Å². The quantitative estimate of drug-likeness (QED) is 0.633. The summed E-state index contributed by atoms with van der Waals surface area (Å²) in [5, 5.41) is 3.31. The fourth-order valence-electron chi connectivity index (χ4n) is 5.45. The van der Waals surface area contributed by atoms with Gasteiger partial charge in [-0.1, -0.05) is 12.8 Å². The van der Waals surface area contributed by atoms with Crippen LogP contribution in [0.5, 0.6) is 0 Å². The van der Waals surface area contributed by atoms with Crippen LogP contribution in [-0.4, -0.2) is 25.0 Å². The van der Waals surface area contributed by atoms with Crippen LogP contribution in [0.2, 0.25) is 0 Å². The Morgan fingerprint density at radius 2 is 1.78 bits per heavy atom. The van der Waals surface area contributed by atoms with Gasteiger partial charge in [0.15, 0.2) is 0 Å². The maximum atomic E-state index is 14.3. The second-order valence-electron chi connectivity index (χ2n) is 9.13. The summed E-state index contributed by atoms with van der Waals surface area (Å²) in [5.74, 6) is -1.98. The van der Waals surface area contributed by atoms with Gasteiger partial charge in [0.05, 0.1) is 5.56 Å². The monoisotopic (exact) mass is 450 g/mol. The smallest absolute Gasteiger partial charge is 0.317 e. The number of hydrogen-bond acceptors (Lipinski definition) is 2. The number of rotatable bonds is 3. The van der Waals surface area contributed by atoms with Gasteiger partial charge in [0.2, 0.25) is 0 Å². The van der Waals surface area contributed by atoms with Crippen molar-refractivity contribution < 1.29 is 26.7 Å². The molecule has 0 unspecified atom stereocenters. The van der Waals surface area contributed by atoms with Gasteiger partial charge in [-0.05, 0) is 80.2 Å². The van der Waals surface area contributed by atoms with E-state index in [4.69, 9.17) is 0 Å². The molecule has 2 heterocycles. The first-order valence-corrected chi connectivity index (χ1v) is 10.9. The lowest BCUT2D eigenvalue weighted by molar-refractivity contribution is -0.140. The van der Waals surface area contributed by atoms with E-state index in [0.29, 0.717) is 49.7 Å². The van der Waals surface area contributed by atoms with Crippen LogP contribution in [0.4, 0.5) is 27.6 Å². The SMILES string of the molecule is O=C(c1ccc(F)c(C(F)(F)F)c1)N1c2ccc(F)cc2C2(CCNCC2)[C@H]1CC1CC1. The summed E-state index contributed by atoms with van der Waals surface area (Å²) < 4.78 is 68.0. The molecule has 1 aliphatic carbocycles. The topological polar surface area (TPSA) is 32.3 Å². The second kappa shape index (κ2) is 7.54. The van der Waals surface area contributed by atoms with Gasteiger partial charge in [0.1, 0.15) is 11.6 Å². The molecule has 1 atom stereocenters. The molecule has 5 rings (SSSR count). The first kappa shape index (κ1) is 21.4. The Bertz CT molecular complexity index is 1060. The van der Waals surface area contributed by atoms with E-state index in [1.165, 1.54) is 12.1 Å². The van der Waals surface area contributed by atoms with Gasteiger partial charge in [-0.2, -0.15) is 13.2 Å². The summed E-state index contributed by atoms with van der Waals surface area (Å²) in [4.78, 5) is 15.2. The third-order valence-electron chi connectivity index (χ3n) is 7.19. The molecule has 2 aromatic rings. The maximum Gasteiger partial charge on any atom is 0.419 e. The summed E-state index contributed by atoms with van der Waals surface area (Å²) in [6.45, 7) is 1.43. The van der Waals surface area contributed by atoms with Crippen molar-refractivity contribution in [3.63, 3.8) is 0 Å². The zero-order chi connectivity index (χ0) is 22.7. The van der Waals surface area contributed by atoms with Crippen LogP contribution >= 0.6 is 0 Å². The second-order valence-corrected chi connectivity index (χ2v) is 9.13. The molecule has 1 saturated carbocycles. The van der Waals surface area contributed by atoms with E-state index in [-0.39, 0.29) is 11.6 Å². The number of nitrogens with zero attached hydrogens (tertiary/aromatic N) is 1. The van der Waals surface area contributed by atoms with E-state index in [1.54, 1.807) is 11.0 Å². The zero-order valence-electron chi connectivity index (χ0n) is 17.3. The van der Waals surface area contributed by atoms with Crippen molar-refractivity contribution in [1.82, 2.24) is 5.32 Å². The molecule has 3 aliphatic rings. The van der Waals surface area contributed by atoms with Crippen molar-refractivity contribution in [1.29, 1.82) is 0 Å². The van der Waals surface area contributed by atoms with Gasteiger partial charge in [-0.25, -0.2) is 8.78 Å². The number of carbonyl (C=O) groups excluding carboxylic acids is 1. The summed E-state index contributed by atoms with van der Waals surface area (Å²) in [6.07, 6.45) is -0.673. The Morgan fingerprint density at radius 3 is 2.44 bits per heavy atom. The number of fused-ring (bicyclic) bond motifs is 2. The zero-order valence-corrected chi connectivity index (χ0v) is 17.3. The van der Waals surface area contributed by atoms with Crippen molar-refractivity contribution in [2.75, 3.05) is 18.0 Å². The summed E-state index contributed by atoms with van der Waals surface area (Å²) in [6, 6.07) is 6.39. The lowest BCUT2D eigenvalue weighted by Crippen LogP contribution is -2.52. The van der Waals surface area contributed by atoms with Crippen LogP contribution in [-0.2, 0) is 11.6 Å². The summed E-state index contributed by atoms with van der Waals surface area (Å²) in [5.41, 5.74) is -0.843. The van der Waals surface area contributed by atoms with Gasteiger partial charge < -0.3 is 10.2 Å². The predicted octanol–water partition coefficient (Wildman–Crippen LogP) is 5.43. The molecule has 8 heteroatoms. The number of alkyl halides is 3. The van der Waals surface area contributed by atoms with E-state index in [0.717, 1.165) is 30.9 Å². The molecular formula is C24H23F5N2O. The number of nitrogens with one attached hydrogen (secondary N) is 1. The Hall–Kier alpha value is -2.48. The van der Waals surface area contributed by atoms with Crippen LogP contribution in [0.15, 0.2) is 36.4 Å². The van der Waals surface area contributed by atoms with E-state index in [1.807, 2.05) is 0 Å². The average Bonchev–Trinajstić information content (AvgIpc) is 3.54. The molecule has 2 aromatic carbocycles. The molecule has 0 aromatic heterocycles. The molecule has 0 radical (unpaired) electrons. The van der Waals surface area contributed by atoms with E-state index in [9.17, 15) is 26.7 Å². The minimum absolute atomic E-state index is 0.221. The molecule has 32 heavy (non-hydrogen) atoms. The van der Waals surface area contributed by atoms with Gasteiger partial charge in [0, 0.05) is 22.7 Å². The standard InChI is InChI=1S/C24H23F5N2O/c25-16-4-6-20-18(13-16)23(7-9-30-10-8-23)21(11-14-1-2-14)31(20)22(32)15-3-5-19(26)17(12-15)24(27,28)29/h3-6,12-14,21,30H,1-2,7-11H2/t21-/m1/s1. The highest BCUT2D eigenvalue weighted by molar-refractivity contribution is 6.08. The van der Waals surface area contributed by atoms with Crippen LogP contribution < -0.4 is 10.2 Å². The number of piperidine rings is 1. The number of benzene rings is 2. The first-order valence-electron chi connectivity index (χ1n) is 10.9. The highest BCUT2D eigenvalue weighted by Gasteiger charge is 2.54. The lowest BCUT2D eigenvalue weighted by Gasteiger charge is -2.42. The molecule has 170 valence electrons. The molecule has 3 nitrogen and oxygen atoms in total. The minimum atomic E-state index is -4.91. The van der Waals surface area contributed by atoms with Crippen LogP contribution in [0, 0.1) is 17.6 Å². The predicted molar refractivity (Wildman–Crippen MR) is 110 cm³/mol. The molecule has 1 N–H and O–H groups in total. The Balaban J connectivity index is 1.63. The Labute approximate surface area is 182 Å². The molecule has 2 fully saturated rings. The number of hydrogen-bond donors (Lipinski definition) is 1. The minimum Gasteiger partial charge on any atom is -0.317 e. The third-order valence-corrected chi connectivity index (χ3v) is 7.19. The Morgan fingerprint density at radius 1 is 1.06 bits per heavy atom. The number of amides is 1. The lowest BCUT2D eigenvalue weighted by atomic mass is 9.68. The first-order chi connectivity index (χ1) is 15.2. The molecule has 0 bridgehead atoms. The van der Waals surface area contributed by atoms with Crippen LogP contribution in [0.25, 0.3) is 0 Å². The van der Waals surface area contributed by atoms with Crippen molar-refractivity contribution >= 4 is 11.6 Å². The summed E-state index contributed by atoms with van der Waals surface area (Å²) >= 11 is 0. The number of carbonyl (C=O) groups is 1. The third kappa shape index (κ3) is 3.49. The fourth-order valence-corrected chi connectivity index (χ4v) is 5.45. The van der Waals surface area contributed by atoms with Crippen molar-refractivity contribution in [3.05, 3.63) is 64.7 Å². The van der Waals surface area contributed by atoms with Gasteiger partial charge in [-0.15, -0.1) is 0 Å². The van der Waals surface area contributed by atoms with Crippen LogP contribution in [0.3, 0.4) is 0 Å². The normalized spacial score (nSPS) is 22.3. The van der Waals surface area contributed by atoms with Gasteiger partial charge in [0.25, 0.3) is 5.91 Å². The van der Waals surface area contributed by atoms with Gasteiger partial charge >= 0.3 is 6.18 Å². The van der Waals surface area contributed by atoms with E-state index in [2.05, 4.69) is 5.32 Å². The van der Waals surface area contributed by atoms with Crippen molar-refractivity contribution in [2.24, 2.45) is 5.92 Å². The van der Waals surface area contributed by atoms with Gasteiger partial charge in [-0.3, -0.25) is 4.79 Å². The summed E-state index contributed by atoms with van der Waals surface area (Å²) in [7, 11) is 0. The van der Waals surface area contributed by atoms with Crippen molar-refractivity contribution in [3.8, 4) is 0 Å². The maximum absolute atomic E-state index is 14.3. The fraction of sp³-hybridized carbons (Fsp3) is 0.458. The molecule has 1 spiro atoms. The van der Waals surface area contributed by atoms with E-state index < -0.39 is 34.7 Å².